The van der Waals surface area contributed by atoms with Gasteiger partial charge in [-0.25, -0.2) is 0 Å². The Kier molecular flexibility index (Phi) is 6.31. The van der Waals surface area contributed by atoms with E-state index in [0.717, 1.165) is 35.7 Å². The van der Waals surface area contributed by atoms with E-state index >= 15 is 0 Å². The molecule has 7 heteroatoms. The molecule has 3 heterocycles. The molecule has 2 amide bonds. The Balaban J connectivity index is 1.41. The number of thiophene rings is 1. The van der Waals surface area contributed by atoms with Gasteiger partial charge in [0.2, 0.25) is 5.91 Å². The van der Waals surface area contributed by atoms with Crippen molar-refractivity contribution in [3.63, 3.8) is 0 Å². The number of carbonyl (C=O) groups excluding carboxylic acids is 2. The first-order valence-corrected chi connectivity index (χ1v) is 10.4. The van der Waals surface area contributed by atoms with Gasteiger partial charge in [0, 0.05) is 37.8 Å². The summed E-state index contributed by atoms with van der Waals surface area (Å²) in [5.41, 5.74) is 2.17. The lowest BCUT2D eigenvalue weighted by Gasteiger charge is -2.31. The number of aromatic nitrogens is 2. The fraction of sp³-hybridized carbons (Fsp3) is 0.550. The Morgan fingerprint density at radius 1 is 1.33 bits per heavy atom. The van der Waals surface area contributed by atoms with Gasteiger partial charge in [0.05, 0.1) is 10.6 Å². The fourth-order valence-corrected chi connectivity index (χ4v) is 4.23. The number of rotatable bonds is 6. The minimum absolute atomic E-state index is 0.00160. The van der Waals surface area contributed by atoms with Gasteiger partial charge >= 0.3 is 0 Å². The summed E-state index contributed by atoms with van der Waals surface area (Å²) < 4.78 is 2.00. The molecule has 1 fully saturated rings. The highest BCUT2D eigenvalue weighted by Gasteiger charge is 2.28. The second kappa shape index (κ2) is 8.69. The number of carbonyl (C=O) groups is 2. The minimum atomic E-state index is -0.00160. The Bertz CT molecular complexity index is 776. The summed E-state index contributed by atoms with van der Waals surface area (Å²) >= 11 is 1.47. The predicted molar refractivity (Wildman–Crippen MR) is 107 cm³/mol. The molecule has 2 aromatic rings. The molecule has 1 atom stereocenters. The van der Waals surface area contributed by atoms with E-state index in [-0.39, 0.29) is 17.7 Å². The smallest absolute Gasteiger partial charge is 0.263 e. The van der Waals surface area contributed by atoms with E-state index < -0.39 is 0 Å². The van der Waals surface area contributed by atoms with Crippen LogP contribution in [-0.2, 0) is 11.3 Å². The van der Waals surface area contributed by atoms with Crippen LogP contribution in [0.4, 0.5) is 0 Å². The third kappa shape index (κ3) is 4.97. The summed E-state index contributed by atoms with van der Waals surface area (Å²) in [6, 6.07) is 5.82. The maximum Gasteiger partial charge on any atom is 0.263 e. The van der Waals surface area contributed by atoms with Crippen molar-refractivity contribution in [1.29, 1.82) is 0 Å². The average molecular weight is 389 g/mol. The first-order chi connectivity index (χ1) is 12.9. The number of hydrogen-bond donors (Lipinski definition) is 1. The first-order valence-electron chi connectivity index (χ1n) is 9.55. The van der Waals surface area contributed by atoms with Crippen molar-refractivity contribution in [3.05, 3.63) is 39.8 Å². The van der Waals surface area contributed by atoms with Gasteiger partial charge < -0.3 is 10.2 Å². The molecule has 3 rings (SSSR count). The maximum absolute atomic E-state index is 12.5. The number of aryl methyl sites for hydroxylation is 2. The summed E-state index contributed by atoms with van der Waals surface area (Å²) in [5, 5.41) is 9.49. The molecule has 0 aliphatic carbocycles. The molecule has 1 aliphatic heterocycles. The Hall–Kier alpha value is -2.15. The summed E-state index contributed by atoms with van der Waals surface area (Å²) in [4.78, 5) is 27.5. The first kappa shape index (κ1) is 19.6. The molecule has 0 bridgehead atoms. The molecule has 6 nitrogen and oxygen atoms in total. The predicted octanol–water partition coefficient (Wildman–Crippen LogP) is 2.87. The molecule has 1 saturated heterocycles. The van der Waals surface area contributed by atoms with Crippen molar-refractivity contribution in [2.45, 2.75) is 40.2 Å². The van der Waals surface area contributed by atoms with E-state index in [1.54, 1.807) is 0 Å². The molecule has 1 aliphatic rings. The van der Waals surface area contributed by atoms with Crippen LogP contribution in [0.5, 0.6) is 0 Å². The van der Waals surface area contributed by atoms with Crippen LogP contribution in [0.15, 0.2) is 23.6 Å². The van der Waals surface area contributed by atoms with Crippen molar-refractivity contribution < 1.29 is 9.59 Å². The number of piperidine rings is 1. The highest BCUT2D eigenvalue weighted by molar-refractivity contribution is 7.12. The van der Waals surface area contributed by atoms with Crippen LogP contribution in [0.1, 0.15) is 40.8 Å². The largest absolute Gasteiger partial charge is 0.356 e. The molecule has 0 saturated carbocycles. The monoisotopic (exact) mass is 388 g/mol. The van der Waals surface area contributed by atoms with Crippen LogP contribution < -0.4 is 5.32 Å². The Labute approximate surface area is 164 Å². The van der Waals surface area contributed by atoms with Crippen LogP contribution in [0.3, 0.4) is 0 Å². The fourth-order valence-electron chi connectivity index (χ4n) is 3.54. The summed E-state index contributed by atoms with van der Waals surface area (Å²) in [6.07, 6.45) is 1.46. The van der Waals surface area contributed by atoms with Crippen LogP contribution >= 0.6 is 11.3 Å². The second-order valence-electron chi connectivity index (χ2n) is 7.50. The van der Waals surface area contributed by atoms with Gasteiger partial charge in [0.25, 0.3) is 5.91 Å². The normalized spacial score (nSPS) is 16.3. The summed E-state index contributed by atoms with van der Waals surface area (Å²) in [5.74, 6) is 0.506. The Morgan fingerprint density at radius 2 is 2.07 bits per heavy atom. The van der Waals surface area contributed by atoms with Crippen molar-refractivity contribution in [2.24, 2.45) is 11.8 Å². The lowest BCUT2D eigenvalue weighted by Crippen LogP contribution is -2.43. The molecular formula is C20H28N4O2S. The molecular weight excluding hydrogens is 360 g/mol. The molecule has 2 aromatic heterocycles. The van der Waals surface area contributed by atoms with Gasteiger partial charge in [0.15, 0.2) is 0 Å². The van der Waals surface area contributed by atoms with Gasteiger partial charge in [-0.2, -0.15) is 5.10 Å². The highest BCUT2D eigenvalue weighted by atomic mass is 32.1. The van der Waals surface area contributed by atoms with E-state index in [0.29, 0.717) is 25.6 Å². The van der Waals surface area contributed by atoms with E-state index in [4.69, 9.17) is 0 Å². The number of amides is 2. The minimum Gasteiger partial charge on any atom is -0.356 e. The molecule has 146 valence electrons. The zero-order valence-corrected chi connectivity index (χ0v) is 17.1. The highest BCUT2D eigenvalue weighted by Crippen LogP contribution is 2.21. The van der Waals surface area contributed by atoms with Crippen molar-refractivity contribution >= 4 is 23.2 Å². The molecule has 27 heavy (non-hydrogen) atoms. The van der Waals surface area contributed by atoms with E-state index in [2.05, 4.69) is 30.3 Å². The summed E-state index contributed by atoms with van der Waals surface area (Å²) in [6.45, 7) is 8.91. The van der Waals surface area contributed by atoms with Crippen LogP contribution in [-0.4, -0.2) is 46.1 Å². The zero-order valence-electron chi connectivity index (χ0n) is 16.3. The standard InChI is InChI=1S/C20H28N4O2S/c1-14(13-24-16(3)11-15(2)22-24)12-21-19(25)17-6-8-23(9-7-17)20(26)18-5-4-10-27-18/h4-5,10-11,14,17H,6-9,12-13H2,1-3H3,(H,21,25)/t14-/m1/s1. The van der Waals surface area contributed by atoms with Gasteiger partial charge in [-0.05, 0) is 50.1 Å². The third-order valence-electron chi connectivity index (χ3n) is 5.10. The van der Waals surface area contributed by atoms with E-state index in [9.17, 15) is 9.59 Å². The van der Waals surface area contributed by atoms with Gasteiger partial charge in [-0.1, -0.05) is 13.0 Å². The van der Waals surface area contributed by atoms with E-state index in [1.165, 1.54) is 11.3 Å². The van der Waals surface area contributed by atoms with Crippen molar-refractivity contribution in [1.82, 2.24) is 20.0 Å². The SMILES string of the molecule is Cc1cc(C)n(C[C@H](C)CNC(=O)C2CCN(C(=O)c3cccs3)CC2)n1. The van der Waals surface area contributed by atoms with Gasteiger partial charge in [-0.15, -0.1) is 11.3 Å². The van der Waals surface area contributed by atoms with Crippen LogP contribution in [0.25, 0.3) is 0 Å². The quantitative estimate of drug-likeness (QED) is 0.827. The molecule has 0 radical (unpaired) electrons. The lowest BCUT2D eigenvalue weighted by atomic mass is 9.95. The average Bonchev–Trinajstić information content (AvgIpc) is 3.29. The third-order valence-corrected chi connectivity index (χ3v) is 5.96. The number of nitrogens with zero attached hydrogens (tertiary/aromatic N) is 3. The molecule has 0 unspecified atom stereocenters. The van der Waals surface area contributed by atoms with Gasteiger partial charge in [-0.3, -0.25) is 14.3 Å². The van der Waals surface area contributed by atoms with E-state index in [1.807, 2.05) is 34.0 Å². The van der Waals surface area contributed by atoms with Crippen LogP contribution in [0, 0.1) is 25.7 Å². The summed E-state index contributed by atoms with van der Waals surface area (Å²) in [7, 11) is 0. The van der Waals surface area contributed by atoms with Crippen LogP contribution in [0.2, 0.25) is 0 Å². The lowest BCUT2D eigenvalue weighted by molar-refractivity contribution is -0.126. The topological polar surface area (TPSA) is 67.2 Å². The van der Waals surface area contributed by atoms with Gasteiger partial charge in [0.1, 0.15) is 0 Å². The van der Waals surface area contributed by atoms with Crippen molar-refractivity contribution in [2.75, 3.05) is 19.6 Å². The number of likely N-dealkylation sites (tertiary alicyclic amines) is 1. The Morgan fingerprint density at radius 3 is 2.67 bits per heavy atom. The molecule has 0 aromatic carbocycles. The second-order valence-corrected chi connectivity index (χ2v) is 8.45. The van der Waals surface area contributed by atoms with Crippen molar-refractivity contribution in [3.8, 4) is 0 Å². The number of hydrogen-bond acceptors (Lipinski definition) is 4. The molecule has 0 spiro atoms. The number of nitrogens with one attached hydrogen (secondary N) is 1. The molecule has 1 N–H and O–H groups in total. The zero-order chi connectivity index (χ0) is 19.4. The maximum atomic E-state index is 12.5.